The van der Waals surface area contributed by atoms with Crippen molar-refractivity contribution >= 4 is 12.0 Å². The molecule has 0 saturated carbocycles. The van der Waals surface area contributed by atoms with E-state index < -0.39 is 11.7 Å². The first-order valence-corrected chi connectivity index (χ1v) is 8.67. The molecule has 0 fully saturated rings. The Hall–Kier alpha value is -3.34. The third-order valence-electron chi connectivity index (χ3n) is 4.87. The first kappa shape index (κ1) is 17.1. The molecule has 134 valence electrons. The summed E-state index contributed by atoms with van der Waals surface area (Å²) >= 11 is 0. The van der Waals surface area contributed by atoms with Crippen LogP contribution in [0.15, 0.2) is 43.0 Å². The van der Waals surface area contributed by atoms with Gasteiger partial charge in [0, 0.05) is 23.2 Å². The first-order chi connectivity index (χ1) is 13.0. The van der Waals surface area contributed by atoms with Crippen molar-refractivity contribution in [2.45, 2.75) is 19.8 Å². The Morgan fingerprint density at radius 1 is 1.30 bits per heavy atom. The highest BCUT2D eigenvalue weighted by atomic mass is 19.1. The number of carbonyl (C=O) groups excluding carboxylic acids is 1. The molecule has 0 atom stereocenters. The maximum absolute atomic E-state index is 15.0. The first-order valence-electron chi connectivity index (χ1n) is 8.67. The Morgan fingerprint density at radius 3 is 2.81 bits per heavy atom. The van der Waals surface area contributed by atoms with E-state index in [-0.39, 0.29) is 12.0 Å². The number of rotatable bonds is 4. The highest BCUT2D eigenvalue weighted by Crippen LogP contribution is 2.42. The molecule has 2 aromatic carbocycles. The summed E-state index contributed by atoms with van der Waals surface area (Å²) in [5.41, 5.74) is 11.2. The van der Waals surface area contributed by atoms with Crippen LogP contribution in [0.5, 0.6) is 0 Å². The zero-order valence-electron chi connectivity index (χ0n) is 14.9. The van der Waals surface area contributed by atoms with E-state index in [2.05, 4.69) is 16.5 Å². The molecule has 0 unspecified atom stereocenters. The van der Waals surface area contributed by atoms with Gasteiger partial charge in [-0.25, -0.2) is 14.4 Å². The van der Waals surface area contributed by atoms with Crippen molar-refractivity contribution in [1.29, 1.82) is 0 Å². The number of amides is 1. The number of aromatic nitrogens is 2. The Morgan fingerprint density at radius 2 is 2.07 bits per heavy atom. The standard InChI is InChI=1S/C22H18FN3O/c1-3-14-8-12(2)25-20(26-14)11-18-19(23)10-17(22(24)27)16-9-13-6-4-5-7-15(13)21(16)18/h3-8,10H,1,9,11H2,2H3,(H2,24,27). The molecule has 0 spiro atoms. The molecule has 2 N–H and O–H groups in total. The number of benzene rings is 2. The van der Waals surface area contributed by atoms with E-state index >= 15 is 4.39 Å². The van der Waals surface area contributed by atoms with Crippen LogP contribution in [0.25, 0.3) is 17.2 Å². The summed E-state index contributed by atoms with van der Waals surface area (Å²) in [5, 5.41) is 0. The molecule has 0 bridgehead atoms. The van der Waals surface area contributed by atoms with E-state index in [1.165, 1.54) is 6.07 Å². The topological polar surface area (TPSA) is 68.9 Å². The lowest BCUT2D eigenvalue weighted by molar-refractivity contribution is 0.0999. The van der Waals surface area contributed by atoms with Crippen LogP contribution in [-0.2, 0) is 12.8 Å². The minimum atomic E-state index is -0.620. The van der Waals surface area contributed by atoms with E-state index in [0.29, 0.717) is 23.5 Å². The molecule has 27 heavy (non-hydrogen) atoms. The molecular formula is C22H18FN3O. The van der Waals surface area contributed by atoms with Gasteiger partial charge in [-0.1, -0.05) is 30.8 Å². The van der Waals surface area contributed by atoms with Gasteiger partial charge in [-0.15, -0.1) is 0 Å². The van der Waals surface area contributed by atoms with Crippen LogP contribution in [-0.4, -0.2) is 15.9 Å². The highest BCUT2D eigenvalue weighted by Gasteiger charge is 2.28. The van der Waals surface area contributed by atoms with Crippen molar-refractivity contribution in [3.8, 4) is 11.1 Å². The van der Waals surface area contributed by atoms with Gasteiger partial charge in [0.1, 0.15) is 11.6 Å². The summed E-state index contributed by atoms with van der Waals surface area (Å²) in [5.74, 6) is -0.572. The minimum absolute atomic E-state index is 0.226. The number of hydrogen-bond acceptors (Lipinski definition) is 3. The average molecular weight is 359 g/mol. The van der Waals surface area contributed by atoms with Crippen molar-refractivity contribution < 1.29 is 9.18 Å². The van der Waals surface area contributed by atoms with Crippen LogP contribution in [0.1, 0.15) is 44.3 Å². The number of hydrogen-bond donors (Lipinski definition) is 1. The van der Waals surface area contributed by atoms with Gasteiger partial charge < -0.3 is 5.73 Å². The van der Waals surface area contributed by atoms with Crippen LogP contribution in [0, 0.1) is 12.7 Å². The molecular weight excluding hydrogens is 341 g/mol. The fraction of sp³-hybridized carbons (Fsp3) is 0.136. The van der Waals surface area contributed by atoms with Crippen molar-refractivity contribution in [3.05, 3.63) is 88.3 Å². The third-order valence-corrected chi connectivity index (χ3v) is 4.87. The van der Waals surface area contributed by atoms with Gasteiger partial charge in [0.25, 0.3) is 0 Å². The lowest BCUT2D eigenvalue weighted by atomic mass is 9.93. The van der Waals surface area contributed by atoms with Gasteiger partial charge in [-0.05, 0) is 53.8 Å². The van der Waals surface area contributed by atoms with Crippen molar-refractivity contribution in [2.24, 2.45) is 5.73 Å². The molecule has 1 amide bonds. The number of aryl methyl sites for hydroxylation is 1. The maximum atomic E-state index is 15.0. The molecule has 1 aliphatic rings. The fourth-order valence-electron chi connectivity index (χ4n) is 3.75. The second-order valence-corrected chi connectivity index (χ2v) is 6.67. The van der Waals surface area contributed by atoms with E-state index in [1.54, 1.807) is 6.08 Å². The van der Waals surface area contributed by atoms with Crippen LogP contribution in [0.3, 0.4) is 0 Å². The molecule has 1 aromatic heterocycles. The monoisotopic (exact) mass is 359 g/mol. The normalized spacial score (nSPS) is 11.8. The molecule has 4 nitrogen and oxygen atoms in total. The van der Waals surface area contributed by atoms with E-state index in [1.807, 2.05) is 37.3 Å². The summed E-state index contributed by atoms with van der Waals surface area (Å²) in [7, 11) is 0. The lowest BCUT2D eigenvalue weighted by Gasteiger charge is -2.14. The van der Waals surface area contributed by atoms with Gasteiger partial charge >= 0.3 is 0 Å². The summed E-state index contributed by atoms with van der Waals surface area (Å²) < 4.78 is 15.0. The van der Waals surface area contributed by atoms with Crippen LogP contribution >= 0.6 is 0 Å². The number of carbonyl (C=O) groups is 1. The second-order valence-electron chi connectivity index (χ2n) is 6.67. The van der Waals surface area contributed by atoms with Crippen LogP contribution in [0.4, 0.5) is 4.39 Å². The largest absolute Gasteiger partial charge is 0.366 e. The van der Waals surface area contributed by atoms with Crippen molar-refractivity contribution in [1.82, 2.24) is 9.97 Å². The van der Waals surface area contributed by atoms with E-state index in [4.69, 9.17) is 5.73 Å². The Kier molecular flexibility index (Phi) is 4.07. The Labute approximate surface area is 156 Å². The fourth-order valence-corrected chi connectivity index (χ4v) is 3.75. The Bertz CT molecular complexity index is 1100. The summed E-state index contributed by atoms with van der Waals surface area (Å²) in [6, 6.07) is 10.8. The zero-order valence-corrected chi connectivity index (χ0v) is 14.9. The average Bonchev–Trinajstić information content (AvgIpc) is 3.02. The molecule has 0 aliphatic heterocycles. The second kappa shape index (κ2) is 6.43. The number of nitrogens with zero attached hydrogens (tertiary/aromatic N) is 2. The maximum Gasteiger partial charge on any atom is 0.249 e. The molecule has 1 aliphatic carbocycles. The number of fused-ring (bicyclic) bond motifs is 3. The SMILES string of the molecule is C=Cc1cc(C)nc(Cc2c(F)cc(C(N)=O)c3c2-c2ccccc2C3)n1. The highest BCUT2D eigenvalue weighted by molar-refractivity contribution is 5.98. The van der Waals surface area contributed by atoms with Gasteiger partial charge in [0.05, 0.1) is 5.69 Å². The van der Waals surface area contributed by atoms with Gasteiger partial charge in [0.2, 0.25) is 5.91 Å². The summed E-state index contributed by atoms with van der Waals surface area (Å²) in [6.07, 6.45) is 2.43. The number of nitrogens with two attached hydrogens (primary N) is 1. The summed E-state index contributed by atoms with van der Waals surface area (Å²) in [4.78, 5) is 20.8. The van der Waals surface area contributed by atoms with Crippen LogP contribution in [0.2, 0.25) is 0 Å². The van der Waals surface area contributed by atoms with Gasteiger partial charge in [0.15, 0.2) is 0 Å². The predicted octanol–water partition coefficient (Wildman–Crippen LogP) is 3.83. The molecule has 0 saturated heterocycles. The Balaban J connectivity index is 1.93. The quantitative estimate of drug-likeness (QED) is 0.602. The molecule has 1 heterocycles. The predicted molar refractivity (Wildman–Crippen MR) is 103 cm³/mol. The lowest BCUT2D eigenvalue weighted by Crippen LogP contribution is -2.15. The van der Waals surface area contributed by atoms with E-state index in [0.717, 1.165) is 27.9 Å². The zero-order chi connectivity index (χ0) is 19.1. The smallest absolute Gasteiger partial charge is 0.249 e. The molecule has 4 rings (SSSR count). The number of primary amides is 1. The molecule has 3 aromatic rings. The number of halogens is 1. The summed E-state index contributed by atoms with van der Waals surface area (Å²) in [6.45, 7) is 5.61. The van der Waals surface area contributed by atoms with Gasteiger partial charge in [-0.3, -0.25) is 4.79 Å². The van der Waals surface area contributed by atoms with Gasteiger partial charge in [-0.2, -0.15) is 0 Å². The van der Waals surface area contributed by atoms with Crippen LogP contribution < -0.4 is 5.73 Å². The molecule has 0 radical (unpaired) electrons. The minimum Gasteiger partial charge on any atom is -0.366 e. The van der Waals surface area contributed by atoms with E-state index in [9.17, 15) is 4.79 Å². The van der Waals surface area contributed by atoms with Crippen molar-refractivity contribution in [3.63, 3.8) is 0 Å². The van der Waals surface area contributed by atoms with Crippen molar-refractivity contribution in [2.75, 3.05) is 0 Å². The third kappa shape index (κ3) is 2.91. The molecule has 5 heteroatoms.